The summed E-state index contributed by atoms with van der Waals surface area (Å²) in [5, 5.41) is 9.65. The normalized spacial score (nSPS) is 15.3. The van der Waals surface area contributed by atoms with Gasteiger partial charge in [0.15, 0.2) is 18.1 Å². The standard InChI is InChI=1S/C23H27N3O3S/c1-15-11-16(2)26(25-15)18(20-9-6-10-30-20)13-24-21(27)14-28-19-8-5-7-17-12-23(3,4)29-22(17)19/h5-11,18H,12-14H2,1-4H3,(H,24,27). The van der Waals surface area contributed by atoms with Crippen LogP contribution in [0, 0.1) is 13.8 Å². The molecule has 1 atom stereocenters. The highest BCUT2D eigenvalue weighted by atomic mass is 32.1. The van der Waals surface area contributed by atoms with Crippen LogP contribution in [0.3, 0.4) is 0 Å². The molecule has 1 amide bonds. The summed E-state index contributed by atoms with van der Waals surface area (Å²) in [4.78, 5) is 13.7. The van der Waals surface area contributed by atoms with Crippen LogP contribution in [0.2, 0.25) is 0 Å². The van der Waals surface area contributed by atoms with Crippen molar-refractivity contribution >= 4 is 17.2 Å². The number of rotatable bonds is 7. The van der Waals surface area contributed by atoms with Crippen LogP contribution in [-0.2, 0) is 11.2 Å². The Bertz CT molecular complexity index is 1040. The first-order chi connectivity index (χ1) is 14.3. The van der Waals surface area contributed by atoms with Gasteiger partial charge in [-0.2, -0.15) is 5.10 Å². The first-order valence-electron chi connectivity index (χ1n) is 10.1. The smallest absolute Gasteiger partial charge is 0.258 e. The van der Waals surface area contributed by atoms with Crippen LogP contribution < -0.4 is 14.8 Å². The molecule has 4 rings (SSSR count). The highest BCUT2D eigenvalue weighted by Gasteiger charge is 2.32. The van der Waals surface area contributed by atoms with E-state index in [-0.39, 0.29) is 24.2 Å². The minimum Gasteiger partial charge on any atom is -0.483 e. The van der Waals surface area contributed by atoms with E-state index >= 15 is 0 Å². The van der Waals surface area contributed by atoms with E-state index in [1.54, 1.807) is 11.3 Å². The van der Waals surface area contributed by atoms with Crippen molar-refractivity contribution in [1.82, 2.24) is 15.1 Å². The molecule has 0 saturated heterocycles. The Morgan fingerprint density at radius 3 is 2.87 bits per heavy atom. The zero-order chi connectivity index (χ0) is 21.3. The van der Waals surface area contributed by atoms with Crippen LogP contribution in [0.5, 0.6) is 11.5 Å². The fraction of sp³-hybridized carbons (Fsp3) is 0.391. The highest BCUT2D eigenvalue weighted by Crippen LogP contribution is 2.41. The molecule has 1 unspecified atom stereocenters. The molecule has 1 aliphatic rings. The molecular formula is C23H27N3O3S. The maximum absolute atomic E-state index is 12.5. The van der Waals surface area contributed by atoms with Gasteiger partial charge in [0, 0.05) is 29.1 Å². The molecule has 0 bridgehead atoms. The number of carbonyl (C=O) groups is 1. The molecule has 0 aliphatic carbocycles. The molecule has 158 valence electrons. The van der Waals surface area contributed by atoms with Gasteiger partial charge in [-0.3, -0.25) is 9.48 Å². The largest absolute Gasteiger partial charge is 0.483 e. The van der Waals surface area contributed by atoms with Gasteiger partial charge in [-0.15, -0.1) is 11.3 Å². The summed E-state index contributed by atoms with van der Waals surface area (Å²) in [6.45, 7) is 8.49. The topological polar surface area (TPSA) is 65.4 Å². The van der Waals surface area contributed by atoms with E-state index in [4.69, 9.17) is 9.47 Å². The summed E-state index contributed by atoms with van der Waals surface area (Å²) in [6.07, 6.45) is 0.830. The van der Waals surface area contributed by atoms with Crippen molar-refractivity contribution in [1.29, 1.82) is 0 Å². The van der Waals surface area contributed by atoms with Crippen molar-refractivity contribution in [2.45, 2.75) is 45.8 Å². The number of aryl methyl sites for hydroxylation is 2. The fourth-order valence-corrected chi connectivity index (χ4v) is 4.67. The van der Waals surface area contributed by atoms with Gasteiger partial charge >= 0.3 is 0 Å². The van der Waals surface area contributed by atoms with E-state index < -0.39 is 0 Å². The Labute approximate surface area is 180 Å². The lowest BCUT2D eigenvalue weighted by atomic mass is 10.0. The van der Waals surface area contributed by atoms with Crippen LogP contribution >= 0.6 is 11.3 Å². The van der Waals surface area contributed by atoms with Gasteiger partial charge in [-0.1, -0.05) is 18.2 Å². The Balaban J connectivity index is 1.40. The van der Waals surface area contributed by atoms with Gasteiger partial charge in [0.2, 0.25) is 0 Å². The second-order valence-corrected chi connectivity index (χ2v) is 9.26. The van der Waals surface area contributed by atoms with Gasteiger partial charge in [0.05, 0.1) is 5.69 Å². The number of fused-ring (bicyclic) bond motifs is 1. The first kappa shape index (κ1) is 20.5. The molecule has 7 heteroatoms. The molecule has 6 nitrogen and oxygen atoms in total. The zero-order valence-electron chi connectivity index (χ0n) is 17.8. The average Bonchev–Trinajstić information content (AvgIpc) is 3.39. The molecular weight excluding hydrogens is 398 g/mol. The monoisotopic (exact) mass is 425 g/mol. The van der Waals surface area contributed by atoms with Gasteiger partial charge < -0.3 is 14.8 Å². The number of nitrogens with zero attached hydrogens (tertiary/aromatic N) is 2. The van der Waals surface area contributed by atoms with Gasteiger partial charge in [-0.25, -0.2) is 0 Å². The number of thiophene rings is 1. The van der Waals surface area contributed by atoms with Crippen LogP contribution in [0.15, 0.2) is 41.8 Å². The number of para-hydroxylation sites is 1. The summed E-state index contributed by atoms with van der Waals surface area (Å²) in [6, 6.07) is 11.9. The Morgan fingerprint density at radius 2 is 2.17 bits per heavy atom. The lowest BCUT2D eigenvalue weighted by molar-refractivity contribution is -0.123. The summed E-state index contributed by atoms with van der Waals surface area (Å²) in [7, 11) is 0. The predicted molar refractivity (Wildman–Crippen MR) is 118 cm³/mol. The molecule has 0 radical (unpaired) electrons. The maximum Gasteiger partial charge on any atom is 0.258 e. The van der Waals surface area contributed by atoms with Crippen LogP contribution in [-0.4, -0.2) is 34.4 Å². The highest BCUT2D eigenvalue weighted by molar-refractivity contribution is 7.10. The molecule has 30 heavy (non-hydrogen) atoms. The number of benzene rings is 1. The lowest BCUT2D eigenvalue weighted by Gasteiger charge is -2.19. The Hall–Kier alpha value is -2.80. The van der Waals surface area contributed by atoms with Crippen LogP contribution in [0.1, 0.15) is 41.7 Å². The van der Waals surface area contributed by atoms with E-state index in [0.717, 1.165) is 34.0 Å². The second-order valence-electron chi connectivity index (χ2n) is 8.28. The number of carbonyl (C=O) groups excluding carboxylic acids is 1. The second kappa shape index (κ2) is 8.14. The van der Waals surface area contributed by atoms with E-state index in [0.29, 0.717) is 12.3 Å². The minimum atomic E-state index is -0.252. The third-order valence-electron chi connectivity index (χ3n) is 5.12. The van der Waals surface area contributed by atoms with E-state index in [1.165, 1.54) is 0 Å². The predicted octanol–water partition coefficient (Wildman–Crippen LogP) is 4.06. The molecule has 3 aromatic rings. The first-order valence-corrected chi connectivity index (χ1v) is 11.0. The summed E-state index contributed by atoms with van der Waals surface area (Å²) >= 11 is 1.66. The van der Waals surface area contributed by atoms with Crippen LogP contribution in [0.4, 0.5) is 0 Å². The number of aromatic nitrogens is 2. The molecule has 2 aromatic heterocycles. The SMILES string of the molecule is Cc1cc(C)n(C(CNC(=O)COc2cccc3c2OC(C)(C)C3)c2cccs2)n1. The fourth-order valence-electron chi connectivity index (χ4n) is 3.86. The van der Waals surface area contributed by atoms with E-state index in [1.807, 2.05) is 68.1 Å². The van der Waals surface area contributed by atoms with Gasteiger partial charge in [0.25, 0.3) is 5.91 Å². The summed E-state index contributed by atoms with van der Waals surface area (Å²) < 4.78 is 13.8. The number of ether oxygens (including phenoxy) is 2. The molecule has 0 spiro atoms. The number of hydrogen-bond donors (Lipinski definition) is 1. The molecule has 3 heterocycles. The Morgan fingerprint density at radius 1 is 1.33 bits per heavy atom. The molecule has 0 fully saturated rings. The van der Waals surface area contributed by atoms with Crippen molar-refractivity contribution in [2.75, 3.05) is 13.2 Å². The van der Waals surface area contributed by atoms with Crippen molar-refractivity contribution in [3.05, 3.63) is 63.6 Å². The average molecular weight is 426 g/mol. The summed E-state index contributed by atoms with van der Waals surface area (Å²) in [5.41, 5.74) is 2.89. The van der Waals surface area contributed by atoms with E-state index in [2.05, 4.69) is 16.5 Å². The van der Waals surface area contributed by atoms with Crippen molar-refractivity contribution in [3.8, 4) is 11.5 Å². The van der Waals surface area contributed by atoms with Gasteiger partial charge in [0.1, 0.15) is 11.6 Å². The quantitative estimate of drug-likeness (QED) is 0.620. The third-order valence-corrected chi connectivity index (χ3v) is 6.09. The third kappa shape index (κ3) is 4.36. The molecule has 1 aromatic carbocycles. The van der Waals surface area contributed by atoms with Crippen molar-refractivity contribution in [3.63, 3.8) is 0 Å². The molecule has 1 N–H and O–H groups in total. The van der Waals surface area contributed by atoms with Crippen molar-refractivity contribution < 1.29 is 14.3 Å². The minimum absolute atomic E-state index is 0.0484. The number of hydrogen-bond acceptors (Lipinski definition) is 5. The maximum atomic E-state index is 12.5. The number of nitrogens with one attached hydrogen (secondary N) is 1. The molecule has 0 saturated carbocycles. The van der Waals surface area contributed by atoms with E-state index in [9.17, 15) is 4.79 Å². The van der Waals surface area contributed by atoms with Gasteiger partial charge in [-0.05, 0) is 51.3 Å². The Kier molecular flexibility index (Phi) is 5.56. The number of amides is 1. The summed E-state index contributed by atoms with van der Waals surface area (Å²) in [5.74, 6) is 1.18. The van der Waals surface area contributed by atoms with Crippen LogP contribution in [0.25, 0.3) is 0 Å². The van der Waals surface area contributed by atoms with Crippen molar-refractivity contribution in [2.24, 2.45) is 0 Å². The lowest BCUT2D eigenvalue weighted by Crippen LogP contribution is -2.35. The zero-order valence-corrected chi connectivity index (χ0v) is 18.6. The molecule has 1 aliphatic heterocycles.